The van der Waals surface area contributed by atoms with Crippen LogP contribution in [0.1, 0.15) is 16.8 Å². The van der Waals surface area contributed by atoms with Crippen LogP contribution in [-0.4, -0.2) is 4.57 Å². The van der Waals surface area contributed by atoms with Crippen molar-refractivity contribution in [3.8, 4) is 0 Å². The van der Waals surface area contributed by atoms with E-state index in [1.54, 1.807) is 10.6 Å². The zero-order chi connectivity index (χ0) is 16.0. The molecule has 0 aliphatic heterocycles. The first-order chi connectivity index (χ1) is 11.1. The average Bonchev–Trinajstić information content (AvgIpc) is 2.90. The van der Waals surface area contributed by atoms with Gasteiger partial charge in [0, 0.05) is 16.8 Å². The fourth-order valence-corrected chi connectivity index (χ4v) is 3.09. The maximum atomic E-state index is 12.6. The molecule has 3 nitrogen and oxygen atoms in total. The number of furan rings is 1. The van der Waals surface area contributed by atoms with E-state index in [-0.39, 0.29) is 5.56 Å². The van der Waals surface area contributed by atoms with E-state index < -0.39 is 0 Å². The Labute approximate surface area is 133 Å². The minimum absolute atomic E-state index is 0.00197. The number of hydrogen-bond donors (Lipinski definition) is 0. The Morgan fingerprint density at radius 3 is 2.52 bits per heavy atom. The maximum Gasteiger partial charge on any atom is 0.251 e. The smallest absolute Gasteiger partial charge is 0.251 e. The van der Waals surface area contributed by atoms with Gasteiger partial charge >= 0.3 is 0 Å². The Kier molecular flexibility index (Phi) is 3.08. The molecule has 0 N–H and O–H groups in total. The van der Waals surface area contributed by atoms with Crippen LogP contribution in [0.25, 0.3) is 21.9 Å². The van der Waals surface area contributed by atoms with Crippen LogP contribution in [-0.2, 0) is 6.54 Å². The zero-order valence-corrected chi connectivity index (χ0v) is 13.2. The summed E-state index contributed by atoms with van der Waals surface area (Å²) in [7, 11) is 0. The Hall–Kier alpha value is -2.81. The van der Waals surface area contributed by atoms with Gasteiger partial charge < -0.3 is 8.98 Å². The normalized spacial score (nSPS) is 11.4. The molecule has 0 bridgehead atoms. The van der Waals surface area contributed by atoms with Gasteiger partial charge in [-0.3, -0.25) is 4.79 Å². The summed E-state index contributed by atoms with van der Waals surface area (Å²) in [6, 6.07) is 17.8. The first-order valence-electron chi connectivity index (χ1n) is 7.71. The molecular formula is C20H17NO2. The lowest BCUT2D eigenvalue weighted by atomic mass is 10.1. The van der Waals surface area contributed by atoms with Crippen molar-refractivity contribution in [1.82, 2.24) is 4.57 Å². The fraction of sp³-hybridized carbons (Fsp3) is 0.150. The Morgan fingerprint density at radius 1 is 0.957 bits per heavy atom. The molecule has 23 heavy (non-hydrogen) atoms. The number of hydrogen-bond acceptors (Lipinski definition) is 2. The summed E-state index contributed by atoms with van der Waals surface area (Å²) >= 11 is 0. The van der Waals surface area contributed by atoms with Crippen LogP contribution >= 0.6 is 0 Å². The van der Waals surface area contributed by atoms with Gasteiger partial charge in [-0.25, -0.2) is 0 Å². The molecular weight excluding hydrogens is 286 g/mol. The van der Waals surface area contributed by atoms with Crippen molar-refractivity contribution in [2.75, 3.05) is 0 Å². The summed E-state index contributed by atoms with van der Waals surface area (Å²) < 4.78 is 7.81. The van der Waals surface area contributed by atoms with Gasteiger partial charge in [0.15, 0.2) is 5.58 Å². The minimum atomic E-state index is 0.00197. The summed E-state index contributed by atoms with van der Waals surface area (Å²) in [6.07, 6.45) is 0. The van der Waals surface area contributed by atoms with Crippen molar-refractivity contribution in [3.63, 3.8) is 0 Å². The average molecular weight is 303 g/mol. The Balaban J connectivity index is 1.96. The molecule has 3 heteroatoms. The predicted octanol–water partition coefficient (Wildman–Crippen LogP) is 4.41. The van der Waals surface area contributed by atoms with E-state index in [1.807, 2.05) is 62.4 Å². The highest BCUT2D eigenvalue weighted by Crippen LogP contribution is 2.30. The van der Waals surface area contributed by atoms with Gasteiger partial charge in [0.05, 0.1) is 12.2 Å². The van der Waals surface area contributed by atoms with Crippen molar-refractivity contribution < 1.29 is 4.42 Å². The quantitative estimate of drug-likeness (QED) is 0.549. The summed E-state index contributed by atoms with van der Waals surface area (Å²) in [5.74, 6) is 0. The summed E-state index contributed by atoms with van der Waals surface area (Å²) in [6.45, 7) is 4.54. The van der Waals surface area contributed by atoms with Crippen LogP contribution in [0.4, 0.5) is 0 Å². The van der Waals surface area contributed by atoms with Crippen LogP contribution in [0.5, 0.6) is 0 Å². The standard InChI is InChI=1S/C20H17NO2/c1-13-8-9-16-17-11-19(22)21(12-15-6-4-3-5-7-15)14(2)20(17)23-18(16)10-13/h3-11H,12H2,1-2H3. The van der Waals surface area contributed by atoms with Crippen molar-refractivity contribution >= 4 is 21.9 Å². The first-order valence-corrected chi connectivity index (χ1v) is 7.71. The molecule has 2 heterocycles. The molecule has 2 aromatic carbocycles. The highest BCUT2D eigenvalue weighted by molar-refractivity contribution is 6.05. The molecule has 0 aliphatic rings. The molecule has 4 rings (SSSR count). The molecule has 0 radical (unpaired) electrons. The second kappa shape index (κ2) is 5.13. The number of benzene rings is 2. The molecule has 0 spiro atoms. The van der Waals surface area contributed by atoms with E-state index >= 15 is 0 Å². The molecule has 114 valence electrons. The molecule has 2 aromatic heterocycles. The van der Waals surface area contributed by atoms with E-state index in [1.165, 1.54) is 0 Å². The second-order valence-electron chi connectivity index (χ2n) is 5.98. The monoisotopic (exact) mass is 303 g/mol. The summed E-state index contributed by atoms with van der Waals surface area (Å²) in [5, 5.41) is 1.89. The zero-order valence-electron chi connectivity index (χ0n) is 13.2. The second-order valence-corrected chi connectivity index (χ2v) is 5.98. The lowest BCUT2D eigenvalue weighted by molar-refractivity contribution is 0.643. The molecule has 0 atom stereocenters. The van der Waals surface area contributed by atoms with Crippen LogP contribution in [0.15, 0.2) is 63.8 Å². The third-order valence-corrected chi connectivity index (χ3v) is 4.33. The number of fused-ring (bicyclic) bond motifs is 3. The third-order valence-electron chi connectivity index (χ3n) is 4.33. The molecule has 0 saturated heterocycles. The lowest BCUT2D eigenvalue weighted by Gasteiger charge is -2.10. The van der Waals surface area contributed by atoms with E-state index in [4.69, 9.17) is 4.42 Å². The number of nitrogens with zero attached hydrogens (tertiary/aromatic N) is 1. The Morgan fingerprint density at radius 2 is 1.74 bits per heavy atom. The summed E-state index contributed by atoms with van der Waals surface area (Å²) in [5.41, 5.74) is 4.74. The highest BCUT2D eigenvalue weighted by atomic mass is 16.3. The molecule has 0 aliphatic carbocycles. The van der Waals surface area contributed by atoms with Crippen LogP contribution in [0, 0.1) is 13.8 Å². The molecule has 4 aromatic rings. The number of aryl methyl sites for hydroxylation is 2. The topological polar surface area (TPSA) is 35.1 Å². The van der Waals surface area contributed by atoms with E-state index in [2.05, 4.69) is 0 Å². The van der Waals surface area contributed by atoms with E-state index in [0.717, 1.165) is 38.8 Å². The van der Waals surface area contributed by atoms with E-state index in [0.29, 0.717) is 6.54 Å². The molecule has 0 saturated carbocycles. The molecule has 0 amide bonds. The van der Waals surface area contributed by atoms with Gasteiger partial charge in [-0.1, -0.05) is 42.5 Å². The predicted molar refractivity (Wildman–Crippen MR) is 93.0 cm³/mol. The molecule has 0 unspecified atom stereocenters. The van der Waals surface area contributed by atoms with Crippen molar-refractivity contribution in [2.45, 2.75) is 20.4 Å². The fourth-order valence-electron chi connectivity index (χ4n) is 3.09. The van der Waals surface area contributed by atoms with Gasteiger partial charge in [0.25, 0.3) is 5.56 Å². The van der Waals surface area contributed by atoms with Crippen molar-refractivity contribution in [3.05, 3.63) is 81.8 Å². The highest BCUT2D eigenvalue weighted by Gasteiger charge is 2.14. The summed E-state index contributed by atoms with van der Waals surface area (Å²) in [4.78, 5) is 12.6. The van der Waals surface area contributed by atoms with Crippen molar-refractivity contribution in [1.29, 1.82) is 0 Å². The third kappa shape index (κ3) is 2.25. The number of rotatable bonds is 2. The molecule has 0 fully saturated rings. The number of pyridine rings is 1. The number of aromatic nitrogens is 1. The van der Waals surface area contributed by atoms with Crippen molar-refractivity contribution in [2.24, 2.45) is 0 Å². The largest absolute Gasteiger partial charge is 0.454 e. The van der Waals surface area contributed by atoms with Crippen LogP contribution < -0.4 is 5.56 Å². The minimum Gasteiger partial charge on any atom is -0.454 e. The van der Waals surface area contributed by atoms with Gasteiger partial charge in [-0.05, 0) is 31.0 Å². The maximum absolute atomic E-state index is 12.6. The van der Waals surface area contributed by atoms with E-state index in [9.17, 15) is 4.79 Å². The SMILES string of the molecule is Cc1ccc2c(c1)oc1c(C)n(Cc3ccccc3)c(=O)cc12. The van der Waals surface area contributed by atoms with Gasteiger partial charge in [0.1, 0.15) is 5.58 Å². The van der Waals surface area contributed by atoms with Crippen LogP contribution in [0.2, 0.25) is 0 Å². The van der Waals surface area contributed by atoms with Gasteiger partial charge in [-0.2, -0.15) is 0 Å². The Bertz CT molecular complexity index is 1070. The first kappa shape index (κ1) is 13.8. The van der Waals surface area contributed by atoms with Crippen LogP contribution in [0.3, 0.4) is 0 Å². The van der Waals surface area contributed by atoms with Gasteiger partial charge in [-0.15, -0.1) is 0 Å². The van der Waals surface area contributed by atoms with Gasteiger partial charge in [0.2, 0.25) is 0 Å². The lowest BCUT2D eigenvalue weighted by Crippen LogP contribution is -2.21.